The number of aryl methyl sites for hydroxylation is 1. The first-order chi connectivity index (χ1) is 16.8. The molecule has 1 saturated carbocycles. The maximum absolute atomic E-state index is 12.8. The third kappa shape index (κ3) is 5.28. The van der Waals surface area contributed by atoms with Crippen LogP contribution in [0.3, 0.4) is 0 Å². The van der Waals surface area contributed by atoms with E-state index >= 15 is 0 Å². The number of carbonyl (C=O) groups excluding carboxylic acids is 1. The van der Waals surface area contributed by atoms with E-state index in [1.165, 1.54) is 25.7 Å². The minimum atomic E-state index is -0.505. The van der Waals surface area contributed by atoms with Crippen LogP contribution in [0.25, 0.3) is 16.8 Å². The Balaban J connectivity index is 1.47. The normalized spacial score (nSPS) is 19.4. The summed E-state index contributed by atoms with van der Waals surface area (Å²) in [7, 11) is 1.91. The molecule has 0 spiro atoms. The molecule has 1 amide bonds. The lowest BCUT2D eigenvalue weighted by atomic mass is 9.94. The number of hydrogen-bond donors (Lipinski definition) is 1. The van der Waals surface area contributed by atoms with Crippen molar-refractivity contribution in [3.05, 3.63) is 30.4 Å². The smallest absolute Gasteiger partial charge is 0.410 e. The average Bonchev–Trinajstić information content (AvgIpc) is 3.57. The van der Waals surface area contributed by atoms with Gasteiger partial charge in [0, 0.05) is 56.0 Å². The molecule has 1 atom stereocenters. The molecule has 4 heterocycles. The van der Waals surface area contributed by atoms with Crippen molar-refractivity contribution in [2.24, 2.45) is 13.0 Å². The molecule has 1 aliphatic heterocycles. The molecule has 1 aliphatic carbocycles. The van der Waals surface area contributed by atoms with Crippen molar-refractivity contribution in [3.63, 3.8) is 0 Å². The lowest BCUT2D eigenvalue weighted by molar-refractivity contribution is 0.0197. The van der Waals surface area contributed by atoms with Gasteiger partial charge in [-0.1, -0.05) is 12.8 Å². The van der Waals surface area contributed by atoms with Crippen LogP contribution in [0.1, 0.15) is 70.9 Å². The van der Waals surface area contributed by atoms with E-state index in [1.54, 1.807) is 4.68 Å². The monoisotopic (exact) mass is 479 g/mol. The number of nitrogens with one attached hydrogen (secondary N) is 1. The maximum atomic E-state index is 12.8. The van der Waals surface area contributed by atoms with Gasteiger partial charge in [0.25, 0.3) is 0 Å². The van der Waals surface area contributed by atoms with Gasteiger partial charge in [-0.2, -0.15) is 14.7 Å². The minimum Gasteiger partial charge on any atom is -0.444 e. The van der Waals surface area contributed by atoms with Crippen molar-refractivity contribution in [2.45, 2.75) is 70.8 Å². The van der Waals surface area contributed by atoms with Crippen molar-refractivity contribution in [2.75, 3.05) is 25.0 Å². The van der Waals surface area contributed by atoms with E-state index in [4.69, 9.17) is 9.72 Å². The van der Waals surface area contributed by atoms with Crippen LogP contribution in [0.2, 0.25) is 0 Å². The number of fused-ring (bicyclic) bond motifs is 1. The van der Waals surface area contributed by atoms with E-state index in [0.717, 1.165) is 47.7 Å². The molecule has 1 saturated heterocycles. The summed E-state index contributed by atoms with van der Waals surface area (Å²) in [6, 6.07) is 2.13. The fourth-order valence-corrected chi connectivity index (χ4v) is 5.25. The van der Waals surface area contributed by atoms with Crippen LogP contribution < -0.4 is 5.32 Å². The van der Waals surface area contributed by atoms with Crippen LogP contribution in [-0.4, -0.2) is 60.6 Å². The van der Waals surface area contributed by atoms with E-state index in [-0.39, 0.29) is 12.0 Å². The summed E-state index contributed by atoms with van der Waals surface area (Å²) < 4.78 is 9.35. The molecule has 2 fully saturated rings. The van der Waals surface area contributed by atoms with Gasteiger partial charge in [0.05, 0.1) is 18.1 Å². The molecule has 0 aromatic carbocycles. The highest BCUT2D eigenvalue weighted by Gasteiger charge is 2.30. The molecule has 9 heteroatoms. The van der Waals surface area contributed by atoms with Gasteiger partial charge in [-0.05, 0) is 52.4 Å². The quantitative estimate of drug-likeness (QED) is 0.563. The Bertz CT molecular complexity index is 1190. The molecule has 3 aromatic rings. The van der Waals surface area contributed by atoms with Crippen molar-refractivity contribution in [1.29, 1.82) is 0 Å². The number of aromatic nitrogens is 5. The van der Waals surface area contributed by atoms with Gasteiger partial charge >= 0.3 is 6.09 Å². The number of piperidine rings is 1. The summed E-state index contributed by atoms with van der Waals surface area (Å²) in [5.41, 5.74) is 3.26. The molecule has 5 rings (SSSR count). The van der Waals surface area contributed by atoms with Crippen molar-refractivity contribution in [3.8, 4) is 11.1 Å². The summed E-state index contributed by atoms with van der Waals surface area (Å²) in [5, 5.41) is 12.7. The topological polar surface area (TPSA) is 89.6 Å². The van der Waals surface area contributed by atoms with E-state index in [1.807, 2.05) is 55.8 Å². The Morgan fingerprint density at radius 3 is 2.66 bits per heavy atom. The van der Waals surface area contributed by atoms with Crippen molar-refractivity contribution in [1.82, 2.24) is 29.3 Å². The Labute approximate surface area is 206 Å². The first kappa shape index (κ1) is 23.6. The summed E-state index contributed by atoms with van der Waals surface area (Å²) in [4.78, 5) is 19.7. The zero-order valence-electron chi connectivity index (χ0n) is 21.3. The summed E-state index contributed by atoms with van der Waals surface area (Å²) in [5.74, 6) is 1.80. The van der Waals surface area contributed by atoms with Crippen molar-refractivity contribution < 1.29 is 9.53 Å². The molecule has 1 unspecified atom stereocenters. The van der Waals surface area contributed by atoms with Gasteiger partial charge < -0.3 is 15.0 Å². The van der Waals surface area contributed by atoms with Gasteiger partial charge in [0.2, 0.25) is 0 Å². The van der Waals surface area contributed by atoms with Crippen LogP contribution in [0.15, 0.2) is 24.7 Å². The summed E-state index contributed by atoms with van der Waals surface area (Å²) >= 11 is 0. The van der Waals surface area contributed by atoms with E-state index in [9.17, 15) is 4.79 Å². The largest absolute Gasteiger partial charge is 0.444 e. The molecule has 35 heavy (non-hydrogen) atoms. The standard InChI is InChI=1S/C26H37N7O2/c1-26(2,3)35-25(34)32-11-7-10-19(17-32)22-12-23(27-13-18-8-5-6-9-18)33-24(30-22)21(15-29-33)20-14-28-31(4)16-20/h12,14-16,18-19,27H,5-11,13,17H2,1-4H3. The van der Waals surface area contributed by atoms with Crippen LogP contribution in [-0.2, 0) is 11.8 Å². The van der Waals surface area contributed by atoms with Crippen LogP contribution in [0.5, 0.6) is 0 Å². The number of amides is 1. The lowest BCUT2D eigenvalue weighted by Crippen LogP contribution is -2.42. The average molecular weight is 480 g/mol. The van der Waals surface area contributed by atoms with Crippen LogP contribution in [0, 0.1) is 5.92 Å². The van der Waals surface area contributed by atoms with Gasteiger partial charge in [0.15, 0.2) is 5.65 Å². The third-order valence-electron chi connectivity index (χ3n) is 7.05. The molecule has 2 aliphatic rings. The molecule has 1 N–H and O–H groups in total. The van der Waals surface area contributed by atoms with Gasteiger partial charge in [-0.3, -0.25) is 4.68 Å². The van der Waals surface area contributed by atoms with E-state index < -0.39 is 5.60 Å². The number of ether oxygens (including phenoxy) is 1. The summed E-state index contributed by atoms with van der Waals surface area (Å²) in [6.07, 6.45) is 12.6. The molecule has 9 nitrogen and oxygen atoms in total. The number of rotatable bonds is 5. The first-order valence-electron chi connectivity index (χ1n) is 12.9. The number of likely N-dealkylation sites (tertiary alicyclic amines) is 1. The zero-order chi connectivity index (χ0) is 24.6. The van der Waals surface area contributed by atoms with Crippen molar-refractivity contribution >= 4 is 17.6 Å². The molecule has 0 bridgehead atoms. The Morgan fingerprint density at radius 1 is 1.14 bits per heavy atom. The Morgan fingerprint density at radius 2 is 1.94 bits per heavy atom. The number of nitrogens with zero attached hydrogens (tertiary/aromatic N) is 6. The molecule has 188 valence electrons. The zero-order valence-corrected chi connectivity index (χ0v) is 21.3. The third-order valence-corrected chi connectivity index (χ3v) is 7.05. The predicted octanol–water partition coefficient (Wildman–Crippen LogP) is 4.85. The van der Waals surface area contributed by atoms with Gasteiger partial charge in [-0.25, -0.2) is 9.78 Å². The van der Waals surface area contributed by atoms with E-state index in [2.05, 4.69) is 21.6 Å². The highest BCUT2D eigenvalue weighted by Crippen LogP contribution is 2.32. The predicted molar refractivity (Wildman–Crippen MR) is 135 cm³/mol. The lowest BCUT2D eigenvalue weighted by Gasteiger charge is -2.34. The second-order valence-corrected chi connectivity index (χ2v) is 11.1. The van der Waals surface area contributed by atoms with Crippen LogP contribution in [0.4, 0.5) is 10.6 Å². The second kappa shape index (κ2) is 9.51. The Kier molecular flexibility index (Phi) is 6.42. The van der Waals surface area contributed by atoms with E-state index in [0.29, 0.717) is 19.0 Å². The second-order valence-electron chi connectivity index (χ2n) is 11.1. The highest BCUT2D eigenvalue weighted by atomic mass is 16.6. The number of hydrogen-bond acceptors (Lipinski definition) is 6. The van der Waals surface area contributed by atoms with Crippen LogP contribution >= 0.6 is 0 Å². The minimum absolute atomic E-state index is 0.143. The number of anilines is 1. The molecular weight excluding hydrogens is 442 g/mol. The Hall–Kier alpha value is -3.10. The molecule has 0 radical (unpaired) electrons. The molecular formula is C26H37N7O2. The SMILES string of the molecule is Cn1cc(-c2cnn3c(NCC4CCCC4)cc(C4CCCN(C(=O)OC(C)(C)C)C4)nc23)cn1. The fourth-order valence-electron chi connectivity index (χ4n) is 5.25. The van der Waals surface area contributed by atoms with Gasteiger partial charge in [-0.15, -0.1) is 0 Å². The van der Waals surface area contributed by atoms with Gasteiger partial charge in [0.1, 0.15) is 11.4 Å². The first-order valence-corrected chi connectivity index (χ1v) is 12.9. The highest BCUT2D eigenvalue weighted by molar-refractivity contribution is 5.77. The summed E-state index contributed by atoms with van der Waals surface area (Å²) in [6.45, 7) is 7.98. The number of carbonyl (C=O) groups is 1. The maximum Gasteiger partial charge on any atom is 0.410 e. The molecule has 3 aromatic heterocycles. The fraction of sp³-hybridized carbons (Fsp3) is 0.615.